The molecule has 1 aromatic carbocycles. The normalized spacial score (nSPS) is 11.6. The van der Waals surface area contributed by atoms with Gasteiger partial charge in [0.2, 0.25) is 5.76 Å². The van der Waals surface area contributed by atoms with Gasteiger partial charge in [-0.1, -0.05) is 0 Å². The number of rotatable bonds is 1. The summed E-state index contributed by atoms with van der Waals surface area (Å²) >= 11 is 0. The summed E-state index contributed by atoms with van der Waals surface area (Å²) in [6, 6.07) is 0. The van der Waals surface area contributed by atoms with Crippen LogP contribution in [-0.2, 0) is 7.05 Å². The molecule has 0 radical (unpaired) electrons. The van der Waals surface area contributed by atoms with Crippen molar-refractivity contribution in [2.45, 2.75) is 62.3 Å². The van der Waals surface area contributed by atoms with Gasteiger partial charge >= 0.3 is 0 Å². The van der Waals surface area contributed by atoms with E-state index >= 15 is 0 Å². The van der Waals surface area contributed by atoms with Crippen LogP contribution in [0.1, 0.15) is 50.2 Å². The van der Waals surface area contributed by atoms with Gasteiger partial charge in [0.05, 0.1) is 0 Å². The maximum Gasteiger partial charge on any atom is 0.251 e. The topological polar surface area (TPSA) is 17.0 Å². The van der Waals surface area contributed by atoms with Crippen LogP contribution in [0.15, 0.2) is 4.42 Å². The van der Waals surface area contributed by atoms with Crippen molar-refractivity contribution in [1.82, 2.24) is 0 Å². The molecule has 0 bridgehead atoms. The second kappa shape index (κ2) is 5.72. The highest BCUT2D eigenvalue weighted by atomic mass is 16.3. The second-order valence-corrected chi connectivity index (χ2v) is 7.63. The number of benzene rings is 1. The maximum atomic E-state index is 6.52. The lowest BCUT2D eigenvalue weighted by molar-refractivity contribution is -0.667. The van der Waals surface area contributed by atoms with Crippen LogP contribution in [0.2, 0.25) is 0 Å². The Morgan fingerprint density at radius 3 is 1.68 bits per heavy atom. The van der Waals surface area contributed by atoms with Crippen LogP contribution < -0.4 is 4.57 Å². The predicted octanol–water partition coefficient (Wildman–Crippen LogP) is 5.70. The van der Waals surface area contributed by atoms with E-state index in [2.05, 4.69) is 73.9 Å². The lowest BCUT2D eigenvalue weighted by Crippen LogP contribution is -2.37. The Hall–Kier alpha value is -2.09. The van der Waals surface area contributed by atoms with E-state index in [9.17, 15) is 0 Å². The Labute approximate surface area is 151 Å². The highest BCUT2D eigenvalue weighted by molar-refractivity contribution is 5.93. The van der Waals surface area contributed by atoms with Gasteiger partial charge in [-0.05, 0) is 83.2 Å². The zero-order valence-electron chi connectivity index (χ0n) is 17.4. The molecule has 0 fully saturated rings. The number of furan rings is 1. The molecule has 0 amide bonds. The summed E-state index contributed by atoms with van der Waals surface area (Å²) in [6.45, 7) is 19.8. The number of pyridine rings is 1. The molecular formula is C23H30NO+. The summed E-state index contributed by atoms with van der Waals surface area (Å²) in [6.07, 6.45) is 0. The van der Waals surface area contributed by atoms with Crippen molar-refractivity contribution in [3.05, 3.63) is 50.2 Å². The van der Waals surface area contributed by atoms with Crippen LogP contribution in [0.5, 0.6) is 0 Å². The van der Waals surface area contributed by atoms with Gasteiger partial charge in [-0.25, -0.2) is 0 Å². The van der Waals surface area contributed by atoms with Crippen LogP contribution >= 0.6 is 0 Å². The van der Waals surface area contributed by atoms with Crippen LogP contribution in [0.4, 0.5) is 0 Å². The molecule has 2 heteroatoms. The summed E-state index contributed by atoms with van der Waals surface area (Å²) in [7, 11) is 2.15. The summed E-state index contributed by atoms with van der Waals surface area (Å²) in [5.74, 6) is 1.01. The van der Waals surface area contributed by atoms with E-state index in [1.165, 1.54) is 61.3 Å². The third-order valence-electron chi connectivity index (χ3n) is 6.63. The molecule has 132 valence electrons. The minimum absolute atomic E-state index is 1.01. The fourth-order valence-electron chi connectivity index (χ4n) is 4.10. The lowest BCUT2D eigenvalue weighted by Gasteiger charge is -2.11. The zero-order valence-corrected chi connectivity index (χ0v) is 17.4. The average Bonchev–Trinajstić information content (AvgIpc) is 2.92. The van der Waals surface area contributed by atoms with E-state index in [1.54, 1.807) is 0 Å². The van der Waals surface area contributed by atoms with Crippen molar-refractivity contribution in [3.63, 3.8) is 0 Å². The molecule has 3 rings (SSSR count). The van der Waals surface area contributed by atoms with E-state index in [0.717, 1.165) is 11.3 Å². The standard InChI is InChI=1S/C23H30NO/c1-11-12(2)17(7)22-20(15(11)5)18(8)23(25-22)21-16(6)13(3)14(4)19(9)24(21)10/h1-10H3/q+1. The van der Waals surface area contributed by atoms with Gasteiger partial charge in [-0.2, -0.15) is 4.57 Å². The van der Waals surface area contributed by atoms with Crippen LogP contribution in [0, 0.1) is 62.3 Å². The van der Waals surface area contributed by atoms with Gasteiger partial charge in [0, 0.05) is 29.0 Å². The molecule has 0 atom stereocenters. The molecule has 0 saturated heterocycles. The maximum absolute atomic E-state index is 6.52. The largest absolute Gasteiger partial charge is 0.449 e. The van der Waals surface area contributed by atoms with Crippen molar-refractivity contribution < 1.29 is 8.98 Å². The van der Waals surface area contributed by atoms with Crippen molar-refractivity contribution in [2.75, 3.05) is 0 Å². The van der Waals surface area contributed by atoms with E-state index in [4.69, 9.17) is 4.42 Å². The molecule has 3 aromatic rings. The first-order chi connectivity index (χ1) is 11.6. The number of hydrogen-bond donors (Lipinski definition) is 0. The fraction of sp³-hybridized carbons (Fsp3) is 0.435. The molecule has 0 aliphatic heterocycles. The van der Waals surface area contributed by atoms with Crippen molar-refractivity contribution in [3.8, 4) is 11.5 Å². The number of fused-ring (bicyclic) bond motifs is 1. The molecule has 0 spiro atoms. The minimum atomic E-state index is 1.01. The highest BCUT2D eigenvalue weighted by Gasteiger charge is 2.28. The number of nitrogens with zero attached hydrogens (tertiary/aromatic N) is 1. The SMILES string of the molecule is Cc1c(C)c(C)[n+](C)c(-c2oc3c(C)c(C)c(C)c(C)c3c2C)c1C. The second-order valence-electron chi connectivity index (χ2n) is 7.63. The summed E-state index contributed by atoms with van der Waals surface area (Å²) in [4.78, 5) is 0. The molecule has 25 heavy (non-hydrogen) atoms. The first-order valence-electron chi connectivity index (χ1n) is 9.05. The summed E-state index contributed by atoms with van der Waals surface area (Å²) in [5, 5.41) is 1.28. The third-order valence-corrected chi connectivity index (χ3v) is 6.63. The van der Waals surface area contributed by atoms with E-state index in [1.807, 2.05) is 0 Å². The lowest BCUT2D eigenvalue weighted by atomic mass is 9.93. The number of hydrogen-bond acceptors (Lipinski definition) is 1. The monoisotopic (exact) mass is 336 g/mol. The Morgan fingerprint density at radius 1 is 0.560 bits per heavy atom. The number of aryl methyl sites for hydroxylation is 3. The van der Waals surface area contributed by atoms with Crippen molar-refractivity contribution >= 4 is 11.0 Å². The van der Waals surface area contributed by atoms with Crippen molar-refractivity contribution in [1.29, 1.82) is 0 Å². The summed E-state index contributed by atoms with van der Waals surface area (Å²) < 4.78 is 8.81. The van der Waals surface area contributed by atoms with Crippen LogP contribution in [0.3, 0.4) is 0 Å². The zero-order chi connectivity index (χ0) is 18.8. The molecule has 2 heterocycles. The molecule has 0 aliphatic carbocycles. The summed E-state index contributed by atoms with van der Waals surface area (Å²) in [5.41, 5.74) is 14.1. The van der Waals surface area contributed by atoms with E-state index in [0.29, 0.717) is 0 Å². The quantitative estimate of drug-likeness (QED) is 0.521. The Kier molecular flexibility index (Phi) is 4.06. The molecule has 2 aromatic heterocycles. The Balaban J connectivity index is 2.50. The Bertz CT molecular complexity index is 1010. The first-order valence-corrected chi connectivity index (χ1v) is 9.05. The molecule has 0 unspecified atom stereocenters. The first kappa shape index (κ1) is 17.7. The smallest absolute Gasteiger partial charge is 0.251 e. The van der Waals surface area contributed by atoms with Gasteiger partial charge in [0.1, 0.15) is 12.6 Å². The predicted molar refractivity (Wildman–Crippen MR) is 105 cm³/mol. The van der Waals surface area contributed by atoms with E-state index < -0.39 is 0 Å². The molecule has 0 aliphatic rings. The van der Waals surface area contributed by atoms with Crippen LogP contribution in [-0.4, -0.2) is 0 Å². The Morgan fingerprint density at radius 2 is 1.08 bits per heavy atom. The molecular weight excluding hydrogens is 306 g/mol. The third kappa shape index (κ3) is 2.27. The van der Waals surface area contributed by atoms with Gasteiger partial charge < -0.3 is 4.42 Å². The molecule has 0 saturated carbocycles. The van der Waals surface area contributed by atoms with Gasteiger partial charge in [-0.3, -0.25) is 0 Å². The average molecular weight is 336 g/mol. The fourth-order valence-corrected chi connectivity index (χ4v) is 4.10. The van der Waals surface area contributed by atoms with E-state index in [-0.39, 0.29) is 0 Å². The highest BCUT2D eigenvalue weighted by Crippen LogP contribution is 2.39. The van der Waals surface area contributed by atoms with Crippen LogP contribution in [0.25, 0.3) is 22.4 Å². The molecule has 2 nitrogen and oxygen atoms in total. The van der Waals surface area contributed by atoms with Gasteiger partial charge in [0.15, 0.2) is 5.69 Å². The van der Waals surface area contributed by atoms with Gasteiger partial charge in [-0.15, -0.1) is 0 Å². The minimum Gasteiger partial charge on any atom is -0.449 e. The number of aromatic nitrogens is 1. The van der Waals surface area contributed by atoms with Gasteiger partial charge in [0.25, 0.3) is 5.69 Å². The molecule has 0 N–H and O–H groups in total. The van der Waals surface area contributed by atoms with Crippen molar-refractivity contribution in [2.24, 2.45) is 7.05 Å².